The average molecular weight is 260 g/mol. The highest BCUT2D eigenvalue weighted by Gasteiger charge is 2.14. The zero-order valence-corrected chi connectivity index (χ0v) is 10.9. The molecule has 1 heterocycles. The van der Waals surface area contributed by atoms with Crippen molar-refractivity contribution in [1.29, 1.82) is 0 Å². The molecule has 2 aromatic rings. The number of hydrogen-bond donors (Lipinski definition) is 2. The zero-order valence-electron chi connectivity index (χ0n) is 10.9. The fourth-order valence-corrected chi connectivity index (χ4v) is 1.79. The normalized spacial score (nSPS) is 12.1. The Hall–Kier alpha value is -2.30. The highest BCUT2D eigenvalue weighted by atomic mass is 16.5. The van der Waals surface area contributed by atoms with Gasteiger partial charge in [-0.25, -0.2) is 0 Å². The molecule has 0 radical (unpaired) electrons. The van der Waals surface area contributed by atoms with Crippen molar-refractivity contribution in [2.75, 3.05) is 0 Å². The fourth-order valence-electron chi connectivity index (χ4n) is 1.79. The Kier molecular flexibility index (Phi) is 3.85. The third kappa shape index (κ3) is 3.13. The molecule has 100 valence electrons. The van der Waals surface area contributed by atoms with E-state index in [1.54, 1.807) is 0 Å². The van der Waals surface area contributed by atoms with Gasteiger partial charge in [0.25, 0.3) is 11.5 Å². The quantitative estimate of drug-likeness (QED) is 0.883. The minimum absolute atomic E-state index is 0.0120. The van der Waals surface area contributed by atoms with Crippen LogP contribution in [0.4, 0.5) is 0 Å². The highest BCUT2D eigenvalue weighted by Crippen LogP contribution is 2.14. The van der Waals surface area contributed by atoms with E-state index in [0.29, 0.717) is 0 Å². The summed E-state index contributed by atoms with van der Waals surface area (Å²) >= 11 is 0. The standard InChI is InChI=1S/C14H16N2O3/c1-3-10-4-6-11(7-5-10)9(2)15-14(18)12-8-13(17)16-19-12/h4-9H,3H2,1-2H3,(H,15,18)(H,16,17)/t9-/m0/s1. The van der Waals surface area contributed by atoms with Crippen LogP contribution >= 0.6 is 0 Å². The van der Waals surface area contributed by atoms with Crippen molar-refractivity contribution < 1.29 is 9.32 Å². The molecule has 0 saturated carbocycles. The summed E-state index contributed by atoms with van der Waals surface area (Å²) in [5.41, 5.74) is 1.83. The lowest BCUT2D eigenvalue weighted by molar-refractivity contribution is 0.0902. The van der Waals surface area contributed by atoms with Crippen LogP contribution in [0.1, 0.15) is 41.6 Å². The van der Waals surface area contributed by atoms with Gasteiger partial charge in [0.2, 0.25) is 5.76 Å². The molecule has 5 nitrogen and oxygen atoms in total. The fraction of sp³-hybridized carbons (Fsp3) is 0.286. The van der Waals surface area contributed by atoms with Gasteiger partial charge in [-0.2, -0.15) is 5.16 Å². The number of H-pyrrole nitrogens is 1. The van der Waals surface area contributed by atoms with Crippen molar-refractivity contribution in [3.05, 3.63) is 57.6 Å². The Morgan fingerprint density at radius 1 is 1.37 bits per heavy atom. The molecule has 1 amide bonds. The van der Waals surface area contributed by atoms with Crippen molar-refractivity contribution >= 4 is 5.91 Å². The molecular formula is C14H16N2O3. The van der Waals surface area contributed by atoms with Crippen molar-refractivity contribution in [3.63, 3.8) is 0 Å². The summed E-state index contributed by atoms with van der Waals surface area (Å²) in [5.74, 6) is -0.424. The molecule has 19 heavy (non-hydrogen) atoms. The summed E-state index contributed by atoms with van der Waals surface area (Å²) < 4.78 is 4.75. The number of carbonyl (C=O) groups excluding carboxylic acids is 1. The van der Waals surface area contributed by atoms with Gasteiger partial charge in [0.1, 0.15) is 0 Å². The van der Waals surface area contributed by atoms with Crippen LogP contribution in [-0.2, 0) is 6.42 Å². The van der Waals surface area contributed by atoms with Gasteiger partial charge in [0.15, 0.2) is 0 Å². The number of aryl methyl sites for hydroxylation is 1. The number of amides is 1. The SMILES string of the molecule is CCc1ccc([C@H](C)NC(=O)c2cc(=O)[nH]o2)cc1. The summed E-state index contributed by atoms with van der Waals surface area (Å²) in [5, 5.41) is 4.86. The Morgan fingerprint density at radius 3 is 2.58 bits per heavy atom. The summed E-state index contributed by atoms with van der Waals surface area (Å²) in [6, 6.07) is 9.01. The molecule has 0 aliphatic heterocycles. The van der Waals surface area contributed by atoms with Crippen LogP contribution < -0.4 is 10.9 Å². The summed E-state index contributed by atoms with van der Waals surface area (Å²) in [4.78, 5) is 22.7. The van der Waals surface area contributed by atoms with Gasteiger partial charge in [-0.3, -0.25) is 9.59 Å². The van der Waals surface area contributed by atoms with E-state index in [1.165, 1.54) is 5.56 Å². The van der Waals surface area contributed by atoms with E-state index in [9.17, 15) is 9.59 Å². The van der Waals surface area contributed by atoms with Crippen LogP contribution in [0.3, 0.4) is 0 Å². The van der Waals surface area contributed by atoms with E-state index < -0.39 is 11.5 Å². The number of rotatable bonds is 4. The van der Waals surface area contributed by atoms with E-state index >= 15 is 0 Å². The predicted molar refractivity (Wildman–Crippen MR) is 71.0 cm³/mol. The first kappa shape index (κ1) is 13.1. The second-order valence-corrected chi connectivity index (χ2v) is 4.37. The van der Waals surface area contributed by atoms with Crippen molar-refractivity contribution in [3.8, 4) is 0 Å². The molecule has 1 atom stereocenters. The third-order valence-corrected chi connectivity index (χ3v) is 2.98. The van der Waals surface area contributed by atoms with Gasteiger partial charge in [-0.05, 0) is 24.5 Å². The summed E-state index contributed by atoms with van der Waals surface area (Å²) in [6.07, 6.45) is 0.982. The van der Waals surface area contributed by atoms with Gasteiger partial charge in [-0.1, -0.05) is 31.2 Å². The van der Waals surface area contributed by atoms with E-state index in [2.05, 4.69) is 17.4 Å². The van der Waals surface area contributed by atoms with Gasteiger partial charge in [0, 0.05) is 0 Å². The molecule has 0 unspecified atom stereocenters. The smallest absolute Gasteiger partial charge is 0.290 e. The van der Waals surface area contributed by atoms with Crippen LogP contribution in [0.2, 0.25) is 0 Å². The monoisotopic (exact) mass is 260 g/mol. The second kappa shape index (κ2) is 5.56. The molecule has 2 N–H and O–H groups in total. The third-order valence-electron chi connectivity index (χ3n) is 2.98. The Labute approximate surface area is 110 Å². The summed E-state index contributed by atoms with van der Waals surface area (Å²) in [7, 11) is 0. The lowest BCUT2D eigenvalue weighted by Crippen LogP contribution is -2.26. The molecule has 0 aliphatic rings. The average Bonchev–Trinajstić information content (AvgIpc) is 2.85. The number of nitrogens with one attached hydrogen (secondary N) is 2. The minimum atomic E-state index is -0.426. The number of aromatic nitrogens is 1. The molecule has 1 aromatic carbocycles. The highest BCUT2D eigenvalue weighted by molar-refractivity contribution is 5.91. The second-order valence-electron chi connectivity index (χ2n) is 4.37. The predicted octanol–water partition coefficient (Wildman–Crippen LogP) is 2.02. The Morgan fingerprint density at radius 2 is 2.05 bits per heavy atom. The van der Waals surface area contributed by atoms with Crippen molar-refractivity contribution in [1.82, 2.24) is 10.5 Å². The van der Waals surface area contributed by atoms with Gasteiger partial charge in [-0.15, -0.1) is 0 Å². The summed E-state index contributed by atoms with van der Waals surface area (Å²) in [6.45, 7) is 3.97. The molecule has 5 heteroatoms. The van der Waals surface area contributed by atoms with Crippen molar-refractivity contribution in [2.45, 2.75) is 26.3 Å². The Balaban J connectivity index is 2.05. The molecule has 2 rings (SSSR count). The van der Waals surface area contributed by atoms with E-state index in [1.807, 2.05) is 31.2 Å². The Bertz CT molecular complexity index is 610. The molecule has 0 spiro atoms. The van der Waals surface area contributed by atoms with Crippen LogP contribution in [-0.4, -0.2) is 11.1 Å². The first-order valence-corrected chi connectivity index (χ1v) is 6.18. The van der Waals surface area contributed by atoms with Crippen LogP contribution in [0.25, 0.3) is 0 Å². The minimum Gasteiger partial charge on any atom is -0.373 e. The largest absolute Gasteiger partial charge is 0.373 e. The first-order chi connectivity index (χ1) is 9.10. The number of aromatic amines is 1. The zero-order chi connectivity index (χ0) is 13.8. The number of hydrogen-bond acceptors (Lipinski definition) is 3. The molecular weight excluding hydrogens is 244 g/mol. The maximum absolute atomic E-state index is 11.8. The molecule has 0 saturated heterocycles. The molecule has 0 bridgehead atoms. The van der Waals surface area contributed by atoms with Crippen LogP contribution in [0.15, 0.2) is 39.6 Å². The lowest BCUT2D eigenvalue weighted by Gasteiger charge is -2.13. The maximum Gasteiger partial charge on any atom is 0.290 e. The molecule has 0 fully saturated rings. The first-order valence-electron chi connectivity index (χ1n) is 6.18. The van der Waals surface area contributed by atoms with Crippen LogP contribution in [0.5, 0.6) is 0 Å². The number of carbonyl (C=O) groups is 1. The van der Waals surface area contributed by atoms with Gasteiger partial charge < -0.3 is 9.84 Å². The van der Waals surface area contributed by atoms with Gasteiger partial charge >= 0.3 is 0 Å². The van der Waals surface area contributed by atoms with E-state index in [-0.39, 0.29) is 11.8 Å². The van der Waals surface area contributed by atoms with E-state index in [0.717, 1.165) is 18.1 Å². The van der Waals surface area contributed by atoms with Crippen LogP contribution in [0, 0.1) is 0 Å². The molecule has 1 aromatic heterocycles. The van der Waals surface area contributed by atoms with Gasteiger partial charge in [0.05, 0.1) is 12.1 Å². The lowest BCUT2D eigenvalue weighted by atomic mass is 10.0. The topological polar surface area (TPSA) is 75.1 Å². The molecule has 0 aliphatic carbocycles. The number of benzene rings is 1. The maximum atomic E-state index is 11.8. The van der Waals surface area contributed by atoms with E-state index in [4.69, 9.17) is 4.52 Å². The van der Waals surface area contributed by atoms with Crippen molar-refractivity contribution in [2.24, 2.45) is 0 Å².